The van der Waals surface area contributed by atoms with E-state index >= 15 is 0 Å². The number of carbonyl (C=O) groups is 3. The Bertz CT molecular complexity index is 1280. The number of ketones is 1. The van der Waals surface area contributed by atoms with Gasteiger partial charge in [0.25, 0.3) is 11.8 Å². The van der Waals surface area contributed by atoms with Gasteiger partial charge in [0, 0.05) is 18.1 Å². The van der Waals surface area contributed by atoms with Crippen molar-refractivity contribution < 1.29 is 28.3 Å². The molecule has 0 aliphatic carbocycles. The molecule has 32 heavy (non-hydrogen) atoms. The van der Waals surface area contributed by atoms with Crippen LogP contribution in [0.1, 0.15) is 21.7 Å². The van der Waals surface area contributed by atoms with Gasteiger partial charge >= 0.3 is 0 Å². The van der Waals surface area contributed by atoms with Crippen molar-refractivity contribution in [3.63, 3.8) is 0 Å². The first kappa shape index (κ1) is 21.1. The molecule has 1 aromatic heterocycles. The van der Waals surface area contributed by atoms with Crippen LogP contribution in [0.25, 0.3) is 11.0 Å². The highest BCUT2D eigenvalue weighted by Crippen LogP contribution is 2.34. The summed E-state index contributed by atoms with van der Waals surface area (Å²) in [6, 6.07) is 10.6. The van der Waals surface area contributed by atoms with Crippen LogP contribution in [0.15, 0.2) is 51.7 Å². The summed E-state index contributed by atoms with van der Waals surface area (Å²) in [4.78, 5) is 49.7. The van der Waals surface area contributed by atoms with Gasteiger partial charge in [0.05, 0.1) is 5.39 Å². The number of hydrogen-bond acceptors (Lipinski definition) is 7. The minimum absolute atomic E-state index is 0.0455. The van der Waals surface area contributed by atoms with E-state index in [2.05, 4.69) is 5.32 Å². The Hall–Kier alpha value is -4.14. The monoisotopic (exact) mass is 436 g/mol. The van der Waals surface area contributed by atoms with Crippen LogP contribution in [-0.4, -0.2) is 36.9 Å². The fourth-order valence-electron chi connectivity index (χ4n) is 3.49. The number of nitrogens with two attached hydrogens (primary N) is 1. The Morgan fingerprint density at radius 1 is 1.06 bits per heavy atom. The number of Topliss-reactive ketones (excluding diaryl/α,β-unsaturated/α-hetero) is 1. The van der Waals surface area contributed by atoms with Gasteiger partial charge < -0.3 is 24.9 Å². The summed E-state index contributed by atoms with van der Waals surface area (Å²) in [5, 5.41) is 2.71. The summed E-state index contributed by atoms with van der Waals surface area (Å²) >= 11 is 0. The van der Waals surface area contributed by atoms with Gasteiger partial charge in [-0.15, -0.1) is 0 Å². The molecular weight excluding hydrogens is 416 g/mol. The lowest BCUT2D eigenvalue weighted by atomic mass is 10.0. The summed E-state index contributed by atoms with van der Waals surface area (Å²) < 4.78 is 16.7. The largest absolute Gasteiger partial charge is 0.486 e. The quantitative estimate of drug-likeness (QED) is 0.555. The lowest BCUT2D eigenvalue weighted by Crippen LogP contribution is -2.47. The number of hydrogen-bond donors (Lipinski definition) is 2. The number of carbonyl (C=O) groups excluding carboxylic acids is 3. The normalized spacial score (nSPS) is 13.4. The molecule has 2 amide bonds. The molecule has 0 saturated heterocycles. The van der Waals surface area contributed by atoms with Gasteiger partial charge in [-0.05, 0) is 18.6 Å². The van der Waals surface area contributed by atoms with Gasteiger partial charge in [-0.1, -0.05) is 30.3 Å². The third-order valence-electron chi connectivity index (χ3n) is 5.14. The van der Waals surface area contributed by atoms with Crippen LogP contribution in [0, 0.1) is 6.92 Å². The Morgan fingerprint density at radius 3 is 2.38 bits per heavy atom. The number of fused-ring (bicyclic) bond motifs is 2. The first-order valence-electron chi connectivity index (χ1n) is 9.90. The van der Waals surface area contributed by atoms with E-state index in [9.17, 15) is 19.2 Å². The van der Waals surface area contributed by atoms with Crippen molar-refractivity contribution in [1.82, 2.24) is 5.32 Å². The fraction of sp³-hybridized carbons (Fsp3) is 0.217. The van der Waals surface area contributed by atoms with Gasteiger partial charge in [0.15, 0.2) is 22.7 Å². The van der Waals surface area contributed by atoms with Crippen LogP contribution < -0.4 is 26.0 Å². The summed E-state index contributed by atoms with van der Waals surface area (Å²) in [6.07, 6.45) is 0.0455. The van der Waals surface area contributed by atoms with Crippen molar-refractivity contribution in [1.29, 1.82) is 0 Å². The van der Waals surface area contributed by atoms with E-state index in [0.29, 0.717) is 30.3 Å². The van der Waals surface area contributed by atoms with E-state index in [1.807, 2.05) is 0 Å². The number of ether oxygens (including phenoxy) is 2. The molecule has 0 unspecified atom stereocenters. The second-order valence-electron chi connectivity index (χ2n) is 7.32. The van der Waals surface area contributed by atoms with Gasteiger partial charge in [0.2, 0.25) is 5.78 Å². The van der Waals surface area contributed by atoms with Crippen molar-refractivity contribution in [3.8, 4) is 11.5 Å². The standard InChI is InChI=1S/C23H20N2O7/c1-12-19(26)14-10-17-18(31-8-7-30-17)11-16(14)32-21(12)23(29)25-15(20(27)22(24)28)9-13-5-3-2-4-6-13/h2-6,10-11,15H,7-9H2,1H3,(H2,24,28)(H,25,29)/t15-/m0/s1. The third-order valence-corrected chi connectivity index (χ3v) is 5.14. The Balaban J connectivity index is 1.69. The predicted octanol–water partition coefficient (Wildman–Crippen LogP) is 1.27. The van der Waals surface area contributed by atoms with Crippen molar-refractivity contribution in [2.45, 2.75) is 19.4 Å². The van der Waals surface area contributed by atoms with Crippen LogP contribution in [0.4, 0.5) is 0 Å². The number of amides is 2. The molecule has 0 bridgehead atoms. The van der Waals surface area contributed by atoms with E-state index in [4.69, 9.17) is 19.6 Å². The van der Waals surface area contributed by atoms with Crippen LogP contribution in [0.3, 0.4) is 0 Å². The lowest BCUT2D eigenvalue weighted by molar-refractivity contribution is -0.137. The smallest absolute Gasteiger partial charge is 0.288 e. The predicted molar refractivity (Wildman–Crippen MR) is 114 cm³/mol. The molecule has 2 heterocycles. The zero-order valence-electron chi connectivity index (χ0n) is 17.2. The molecule has 3 aromatic rings. The lowest BCUT2D eigenvalue weighted by Gasteiger charge is -2.19. The first-order valence-corrected chi connectivity index (χ1v) is 9.90. The average molecular weight is 436 g/mol. The minimum atomic E-state index is -1.22. The molecule has 164 valence electrons. The maximum atomic E-state index is 13.0. The van der Waals surface area contributed by atoms with Crippen molar-refractivity contribution in [2.24, 2.45) is 5.73 Å². The highest BCUT2D eigenvalue weighted by Gasteiger charge is 2.28. The minimum Gasteiger partial charge on any atom is -0.486 e. The number of primary amides is 1. The maximum Gasteiger partial charge on any atom is 0.288 e. The summed E-state index contributed by atoms with van der Waals surface area (Å²) in [7, 11) is 0. The first-order chi connectivity index (χ1) is 15.3. The average Bonchev–Trinajstić information content (AvgIpc) is 2.80. The molecule has 2 aromatic carbocycles. The van der Waals surface area contributed by atoms with Gasteiger partial charge in [-0.25, -0.2) is 0 Å². The van der Waals surface area contributed by atoms with Gasteiger partial charge in [0.1, 0.15) is 24.8 Å². The van der Waals surface area contributed by atoms with E-state index in [-0.39, 0.29) is 28.7 Å². The molecule has 9 heteroatoms. The zero-order chi connectivity index (χ0) is 22.8. The molecule has 0 fully saturated rings. The highest BCUT2D eigenvalue weighted by atomic mass is 16.6. The molecule has 0 radical (unpaired) electrons. The molecule has 9 nitrogen and oxygen atoms in total. The molecule has 1 aliphatic rings. The van der Waals surface area contributed by atoms with Gasteiger partial charge in [-0.3, -0.25) is 19.2 Å². The Labute approximate surface area is 182 Å². The second kappa shape index (κ2) is 8.54. The highest BCUT2D eigenvalue weighted by molar-refractivity contribution is 6.38. The van der Waals surface area contributed by atoms with E-state index in [1.165, 1.54) is 19.1 Å². The van der Waals surface area contributed by atoms with Gasteiger partial charge in [-0.2, -0.15) is 0 Å². The van der Waals surface area contributed by atoms with Crippen LogP contribution in [0.2, 0.25) is 0 Å². The fourth-order valence-corrected chi connectivity index (χ4v) is 3.49. The zero-order valence-corrected chi connectivity index (χ0v) is 17.2. The van der Waals surface area contributed by atoms with E-state index in [0.717, 1.165) is 0 Å². The maximum absolute atomic E-state index is 13.0. The molecular formula is C23H20N2O7. The van der Waals surface area contributed by atoms with Crippen molar-refractivity contribution >= 4 is 28.6 Å². The van der Waals surface area contributed by atoms with E-state index < -0.39 is 29.1 Å². The summed E-state index contributed by atoms with van der Waals surface area (Å²) in [5.74, 6) is -2.40. The molecule has 4 rings (SSSR count). The van der Waals surface area contributed by atoms with Crippen molar-refractivity contribution in [2.75, 3.05) is 13.2 Å². The molecule has 3 N–H and O–H groups in total. The Kier molecular flexibility index (Phi) is 5.63. The van der Waals surface area contributed by atoms with Crippen LogP contribution in [-0.2, 0) is 16.0 Å². The topological polar surface area (TPSA) is 138 Å². The molecule has 1 aliphatic heterocycles. The number of rotatable bonds is 6. The molecule has 0 saturated carbocycles. The second-order valence-corrected chi connectivity index (χ2v) is 7.32. The van der Waals surface area contributed by atoms with Crippen LogP contribution >= 0.6 is 0 Å². The third kappa shape index (κ3) is 4.04. The number of benzene rings is 2. The number of nitrogens with one attached hydrogen (secondary N) is 1. The Morgan fingerprint density at radius 2 is 1.72 bits per heavy atom. The van der Waals surface area contributed by atoms with Crippen molar-refractivity contribution in [3.05, 3.63) is 69.6 Å². The molecule has 1 atom stereocenters. The SMILES string of the molecule is Cc1c(C(=O)N[C@@H](Cc2ccccc2)C(=O)C(N)=O)oc2cc3c(cc2c1=O)OCCO3. The summed E-state index contributed by atoms with van der Waals surface area (Å²) in [5.41, 5.74) is 5.64. The summed E-state index contributed by atoms with van der Waals surface area (Å²) in [6.45, 7) is 2.15. The molecule has 0 spiro atoms. The van der Waals surface area contributed by atoms with E-state index in [1.54, 1.807) is 30.3 Å². The van der Waals surface area contributed by atoms with Crippen LogP contribution in [0.5, 0.6) is 11.5 Å².